The highest BCUT2D eigenvalue weighted by Crippen LogP contribution is 2.41. The fourth-order valence-electron chi connectivity index (χ4n) is 4.07. The normalized spacial score (nSPS) is 22.1. The van der Waals surface area contributed by atoms with Gasteiger partial charge < -0.3 is 5.32 Å². The largest absolute Gasteiger partial charge is 0.316 e. The Balaban J connectivity index is 2.39. The van der Waals surface area contributed by atoms with Crippen molar-refractivity contribution in [2.45, 2.75) is 104 Å². The van der Waals surface area contributed by atoms with E-state index in [1.165, 1.54) is 96.6 Å². The zero-order valence-corrected chi connectivity index (χ0v) is 15.2. The lowest BCUT2D eigenvalue weighted by molar-refractivity contribution is 0.115. The molecule has 0 amide bonds. The van der Waals surface area contributed by atoms with E-state index in [1.54, 1.807) is 0 Å². The first-order valence-electron chi connectivity index (χ1n) is 9.93. The molecule has 0 saturated carbocycles. The smallest absolute Gasteiger partial charge is 0.00153 e. The second kappa shape index (κ2) is 11.5. The van der Waals surface area contributed by atoms with Crippen molar-refractivity contribution in [1.29, 1.82) is 0 Å². The Bertz CT molecular complexity index is 232. The van der Waals surface area contributed by atoms with Gasteiger partial charge in [-0.25, -0.2) is 0 Å². The van der Waals surface area contributed by atoms with Crippen molar-refractivity contribution < 1.29 is 0 Å². The minimum absolute atomic E-state index is 0.605. The standard InChI is InChI=1S/C20H41N/c1-4-6-8-10-12-16-20(3,15-11-9-7-5-2)19-14-13-17-21-18-19/h19,21H,4-18H2,1-3H3. The molecule has 0 bridgehead atoms. The predicted octanol–water partition coefficient (Wildman–Crippen LogP) is 6.32. The molecule has 1 nitrogen and oxygen atoms in total. The van der Waals surface area contributed by atoms with Gasteiger partial charge in [-0.15, -0.1) is 0 Å². The molecule has 21 heavy (non-hydrogen) atoms. The molecule has 2 unspecified atom stereocenters. The zero-order valence-electron chi connectivity index (χ0n) is 15.2. The lowest BCUT2D eigenvalue weighted by Gasteiger charge is -2.41. The Morgan fingerprint density at radius 1 is 0.857 bits per heavy atom. The summed E-state index contributed by atoms with van der Waals surface area (Å²) in [5, 5.41) is 3.65. The molecule has 0 radical (unpaired) electrons. The van der Waals surface area contributed by atoms with Crippen molar-refractivity contribution in [3.8, 4) is 0 Å². The van der Waals surface area contributed by atoms with Crippen LogP contribution in [0.15, 0.2) is 0 Å². The predicted molar refractivity (Wildman–Crippen MR) is 95.8 cm³/mol. The molecule has 2 atom stereocenters. The molecule has 1 aliphatic heterocycles. The zero-order chi connectivity index (χ0) is 15.4. The van der Waals surface area contributed by atoms with E-state index in [9.17, 15) is 0 Å². The molecule has 0 aliphatic carbocycles. The lowest BCUT2D eigenvalue weighted by atomic mass is 9.67. The molecule has 0 aromatic carbocycles. The molecular formula is C20H41N. The molecule has 1 aliphatic rings. The van der Waals surface area contributed by atoms with Gasteiger partial charge in [0.2, 0.25) is 0 Å². The maximum atomic E-state index is 3.65. The summed E-state index contributed by atoms with van der Waals surface area (Å²) in [6.45, 7) is 9.76. The van der Waals surface area contributed by atoms with Crippen molar-refractivity contribution in [2.24, 2.45) is 11.3 Å². The highest BCUT2D eigenvalue weighted by atomic mass is 14.9. The van der Waals surface area contributed by atoms with E-state index >= 15 is 0 Å². The molecule has 1 rings (SSSR count). The third-order valence-corrected chi connectivity index (χ3v) is 5.74. The summed E-state index contributed by atoms with van der Waals surface area (Å²) in [6.07, 6.45) is 18.6. The van der Waals surface area contributed by atoms with Crippen LogP contribution >= 0.6 is 0 Å². The van der Waals surface area contributed by atoms with Gasteiger partial charge in [-0.1, -0.05) is 78.6 Å². The topological polar surface area (TPSA) is 12.0 Å². The van der Waals surface area contributed by atoms with Crippen LogP contribution in [0.1, 0.15) is 104 Å². The summed E-state index contributed by atoms with van der Waals surface area (Å²) < 4.78 is 0. The number of hydrogen-bond donors (Lipinski definition) is 1. The van der Waals surface area contributed by atoms with E-state index < -0.39 is 0 Å². The fraction of sp³-hybridized carbons (Fsp3) is 1.00. The van der Waals surface area contributed by atoms with Crippen molar-refractivity contribution in [2.75, 3.05) is 13.1 Å². The van der Waals surface area contributed by atoms with Crippen LogP contribution in [0.4, 0.5) is 0 Å². The quantitative estimate of drug-likeness (QED) is 0.415. The Hall–Kier alpha value is -0.0400. The van der Waals surface area contributed by atoms with Crippen LogP contribution in [0.2, 0.25) is 0 Å². The molecule has 0 aromatic rings. The Labute approximate surface area is 134 Å². The van der Waals surface area contributed by atoms with Crippen molar-refractivity contribution in [3.63, 3.8) is 0 Å². The highest BCUT2D eigenvalue weighted by Gasteiger charge is 2.33. The molecule has 1 heterocycles. The third-order valence-electron chi connectivity index (χ3n) is 5.74. The summed E-state index contributed by atoms with van der Waals surface area (Å²) in [5.74, 6) is 0.930. The minimum atomic E-state index is 0.605. The van der Waals surface area contributed by atoms with E-state index in [1.807, 2.05) is 0 Å². The number of unbranched alkanes of at least 4 members (excludes halogenated alkanes) is 7. The number of rotatable bonds is 12. The van der Waals surface area contributed by atoms with Gasteiger partial charge in [-0.05, 0) is 50.1 Å². The van der Waals surface area contributed by atoms with Crippen LogP contribution in [0, 0.1) is 11.3 Å². The number of piperidine rings is 1. The first kappa shape index (κ1) is 19.0. The maximum Gasteiger partial charge on any atom is -0.00153 e. The van der Waals surface area contributed by atoms with Gasteiger partial charge in [0.1, 0.15) is 0 Å². The SMILES string of the molecule is CCCCCCCC(C)(CCCCCC)C1CCCNC1. The first-order chi connectivity index (χ1) is 10.2. The van der Waals surface area contributed by atoms with E-state index in [2.05, 4.69) is 26.1 Å². The van der Waals surface area contributed by atoms with Crippen LogP contribution < -0.4 is 5.32 Å². The van der Waals surface area contributed by atoms with E-state index in [0.717, 1.165) is 5.92 Å². The number of nitrogens with one attached hydrogen (secondary N) is 1. The Morgan fingerprint density at radius 3 is 1.95 bits per heavy atom. The first-order valence-corrected chi connectivity index (χ1v) is 9.93. The minimum Gasteiger partial charge on any atom is -0.316 e. The van der Waals surface area contributed by atoms with Gasteiger partial charge in [0.05, 0.1) is 0 Å². The average Bonchev–Trinajstić information content (AvgIpc) is 2.52. The van der Waals surface area contributed by atoms with Gasteiger partial charge in [-0.3, -0.25) is 0 Å². The second-order valence-corrected chi connectivity index (χ2v) is 7.67. The van der Waals surface area contributed by atoms with Crippen molar-refractivity contribution in [1.82, 2.24) is 5.32 Å². The van der Waals surface area contributed by atoms with Crippen LogP contribution in [-0.2, 0) is 0 Å². The van der Waals surface area contributed by atoms with Crippen LogP contribution in [0.25, 0.3) is 0 Å². The summed E-state index contributed by atoms with van der Waals surface area (Å²) in [4.78, 5) is 0. The summed E-state index contributed by atoms with van der Waals surface area (Å²) in [6, 6.07) is 0. The van der Waals surface area contributed by atoms with Crippen LogP contribution in [0.5, 0.6) is 0 Å². The van der Waals surface area contributed by atoms with Crippen molar-refractivity contribution in [3.05, 3.63) is 0 Å². The Morgan fingerprint density at radius 2 is 1.43 bits per heavy atom. The maximum absolute atomic E-state index is 3.65. The lowest BCUT2D eigenvalue weighted by Crippen LogP contribution is -2.40. The molecule has 1 saturated heterocycles. The second-order valence-electron chi connectivity index (χ2n) is 7.67. The molecule has 1 N–H and O–H groups in total. The van der Waals surface area contributed by atoms with Gasteiger partial charge >= 0.3 is 0 Å². The molecule has 1 fully saturated rings. The molecule has 126 valence electrons. The van der Waals surface area contributed by atoms with Crippen LogP contribution in [0.3, 0.4) is 0 Å². The van der Waals surface area contributed by atoms with Gasteiger partial charge in [-0.2, -0.15) is 0 Å². The van der Waals surface area contributed by atoms with E-state index in [0.29, 0.717) is 5.41 Å². The van der Waals surface area contributed by atoms with Crippen molar-refractivity contribution >= 4 is 0 Å². The Kier molecular flexibility index (Phi) is 10.4. The summed E-state index contributed by atoms with van der Waals surface area (Å²) in [5.41, 5.74) is 0.605. The molecule has 0 aromatic heterocycles. The van der Waals surface area contributed by atoms with Gasteiger partial charge in [0.15, 0.2) is 0 Å². The van der Waals surface area contributed by atoms with Gasteiger partial charge in [0.25, 0.3) is 0 Å². The monoisotopic (exact) mass is 295 g/mol. The molecular weight excluding hydrogens is 254 g/mol. The number of hydrogen-bond acceptors (Lipinski definition) is 1. The van der Waals surface area contributed by atoms with Crippen LogP contribution in [-0.4, -0.2) is 13.1 Å². The fourth-order valence-corrected chi connectivity index (χ4v) is 4.07. The van der Waals surface area contributed by atoms with E-state index in [-0.39, 0.29) is 0 Å². The molecule has 1 heteroatoms. The molecule has 0 spiro atoms. The average molecular weight is 296 g/mol. The summed E-state index contributed by atoms with van der Waals surface area (Å²) in [7, 11) is 0. The van der Waals surface area contributed by atoms with Gasteiger partial charge in [0, 0.05) is 0 Å². The highest BCUT2D eigenvalue weighted by molar-refractivity contribution is 4.86. The third kappa shape index (κ3) is 7.68. The summed E-state index contributed by atoms with van der Waals surface area (Å²) >= 11 is 0. The van der Waals surface area contributed by atoms with E-state index in [4.69, 9.17) is 0 Å².